The van der Waals surface area contributed by atoms with Gasteiger partial charge in [-0.1, -0.05) is 43.7 Å². The number of nitroso groups, excluding NO2 is 1. The average Bonchev–Trinajstić information content (AvgIpc) is 3.38. The van der Waals surface area contributed by atoms with Gasteiger partial charge in [0.2, 0.25) is 11.2 Å². The molecule has 1 aromatic carbocycles. The van der Waals surface area contributed by atoms with Crippen molar-refractivity contribution in [2.24, 2.45) is 25.1 Å². The highest BCUT2D eigenvalue weighted by Crippen LogP contribution is 2.29. The van der Waals surface area contributed by atoms with Crippen molar-refractivity contribution < 1.29 is 22.9 Å². The molecule has 0 aliphatic heterocycles. The molecule has 0 saturated carbocycles. The van der Waals surface area contributed by atoms with E-state index in [-0.39, 0.29) is 46.5 Å². The second kappa shape index (κ2) is 16.3. The van der Waals surface area contributed by atoms with Crippen molar-refractivity contribution in [3.05, 3.63) is 84.3 Å². The zero-order valence-electron chi connectivity index (χ0n) is 22.6. The van der Waals surface area contributed by atoms with Gasteiger partial charge in [0.25, 0.3) is 5.91 Å². The second-order valence-electron chi connectivity index (χ2n) is 8.81. The molecule has 0 radical (unpaired) electrons. The molecule has 222 valence electrons. The van der Waals surface area contributed by atoms with Crippen LogP contribution in [0, 0.1) is 10.7 Å². The molecule has 1 aromatic heterocycles. The number of amides is 2. The third kappa shape index (κ3) is 9.17. The standard InChI is InChI=1S/C25H28FN9O5S2/c1-2-40-17-10-11-18(19(26)13-17)22(32-38)25(37)35(12-6-9-16-7-4-3-5-8-16)15-21-30-23(20(41-21)14-29-33-27)24(36)31-34-42(28)39/h3-4,7,10-11,13,22H,2,5-6,8-9,12,14-15,28H2,1H3. The summed E-state index contributed by atoms with van der Waals surface area (Å²) in [6.07, 6.45) is 9.08. The van der Waals surface area contributed by atoms with Crippen LogP contribution in [0.3, 0.4) is 0 Å². The zero-order valence-corrected chi connectivity index (χ0v) is 24.2. The van der Waals surface area contributed by atoms with Crippen LogP contribution in [0.4, 0.5) is 4.39 Å². The third-order valence-electron chi connectivity index (χ3n) is 6.01. The highest BCUT2D eigenvalue weighted by molar-refractivity contribution is 7.81. The molecule has 1 aliphatic carbocycles. The first kappa shape index (κ1) is 32.3. The summed E-state index contributed by atoms with van der Waals surface area (Å²) in [5, 5.41) is 15.0. The van der Waals surface area contributed by atoms with Gasteiger partial charge in [0, 0.05) is 28.0 Å². The lowest BCUT2D eigenvalue weighted by Gasteiger charge is -2.24. The van der Waals surface area contributed by atoms with Crippen molar-refractivity contribution in [1.82, 2.24) is 9.88 Å². The van der Waals surface area contributed by atoms with Crippen LogP contribution in [0.5, 0.6) is 5.75 Å². The molecule has 3 rings (SSSR count). The summed E-state index contributed by atoms with van der Waals surface area (Å²) < 4.78 is 34.4. The van der Waals surface area contributed by atoms with Crippen molar-refractivity contribution >= 4 is 34.3 Å². The molecule has 2 atom stereocenters. The second-order valence-corrected chi connectivity index (χ2v) is 10.7. The van der Waals surface area contributed by atoms with E-state index in [1.807, 2.05) is 12.2 Å². The lowest BCUT2D eigenvalue weighted by atomic mass is 10.00. The Morgan fingerprint density at radius 2 is 2.19 bits per heavy atom. The normalized spacial score (nSPS) is 14.1. The van der Waals surface area contributed by atoms with E-state index in [1.54, 1.807) is 6.92 Å². The minimum Gasteiger partial charge on any atom is -0.494 e. The van der Waals surface area contributed by atoms with Gasteiger partial charge in [0.05, 0.1) is 19.7 Å². The molecule has 0 spiro atoms. The SMILES string of the molecule is CCOc1ccc(C(N=O)C(=O)N(CCCC2=CC=CCC2)Cc2nc(C(=O)N=NS(N)=O)c(CN=[N+]=[N-])s2)c(F)c1. The number of hydrogen-bond donors (Lipinski definition) is 1. The van der Waals surface area contributed by atoms with Crippen LogP contribution >= 0.6 is 11.3 Å². The summed E-state index contributed by atoms with van der Waals surface area (Å²) >= 11 is -1.25. The molecular formula is C25H28FN9O5S2. The van der Waals surface area contributed by atoms with Crippen molar-refractivity contribution in [2.45, 2.75) is 51.7 Å². The lowest BCUT2D eigenvalue weighted by Crippen LogP contribution is -2.35. The van der Waals surface area contributed by atoms with E-state index in [0.29, 0.717) is 19.4 Å². The summed E-state index contributed by atoms with van der Waals surface area (Å²) in [6, 6.07) is 2.13. The fourth-order valence-corrected chi connectivity index (χ4v) is 5.29. The van der Waals surface area contributed by atoms with Gasteiger partial charge in [0.1, 0.15) is 22.3 Å². The van der Waals surface area contributed by atoms with Crippen molar-refractivity contribution in [3.63, 3.8) is 0 Å². The predicted molar refractivity (Wildman–Crippen MR) is 154 cm³/mol. The summed E-state index contributed by atoms with van der Waals surface area (Å²) in [4.78, 5) is 46.6. The first-order valence-electron chi connectivity index (χ1n) is 12.8. The molecule has 0 bridgehead atoms. The number of carbonyl (C=O) groups is 2. The number of hydrogen-bond acceptors (Lipinski definition) is 9. The Hall–Kier alpha value is -4.18. The molecule has 2 N–H and O–H groups in total. The molecule has 42 heavy (non-hydrogen) atoms. The Morgan fingerprint density at radius 1 is 1.38 bits per heavy atom. The minimum atomic E-state index is -2.23. The first-order chi connectivity index (χ1) is 20.3. The van der Waals surface area contributed by atoms with Gasteiger partial charge in [-0.05, 0) is 50.3 Å². The average molecular weight is 618 g/mol. The van der Waals surface area contributed by atoms with Gasteiger partial charge in [-0.2, -0.15) is 0 Å². The van der Waals surface area contributed by atoms with Crippen LogP contribution in [-0.2, 0) is 29.1 Å². The monoisotopic (exact) mass is 617 g/mol. The molecule has 0 fully saturated rings. The number of thiazole rings is 1. The number of nitrogens with two attached hydrogens (primary N) is 1. The van der Waals surface area contributed by atoms with Crippen molar-refractivity contribution in [2.75, 3.05) is 13.2 Å². The molecule has 2 amide bonds. The fraction of sp³-hybridized carbons (Fsp3) is 0.400. The molecule has 2 aromatic rings. The first-order valence-corrected chi connectivity index (χ1v) is 14.8. The Morgan fingerprint density at radius 3 is 2.83 bits per heavy atom. The van der Waals surface area contributed by atoms with E-state index in [9.17, 15) is 23.1 Å². The lowest BCUT2D eigenvalue weighted by molar-refractivity contribution is -0.133. The number of aromatic nitrogens is 1. The van der Waals surface area contributed by atoms with Crippen molar-refractivity contribution in [1.29, 1.82) is 0 Å². The fourth-order valence-electron chi connectivity index (χ4n) is 4.14. The molecule has 1 aliphatic rings. The molecule has 17 heteroatoms. The van der Waals surface area contributed by atoms with E-state index >= 15 is 0 Å². The topological polar surface area (TPSA) is 206 Å². The third-order valence-corrected chi connectivity index (χ3v) is 7.28. The van der Waals surface area contributed by atoms with Crippen LogP contribution in [0.1, 0.15) is 64.6 Å². The summed E-state index contributed by atoms with van der Waals surface area (Å²) in [5.41, 5.74) is 9.52. The van der Waals surface area contributed by atoms with E-state index in [4.69, 9.17) is 15.4 Å². The van der Waals surface area contributed by atoms with Crippen molar-refractivity contribution in [3.8, 4) is 5.75 Å². The van der Waals surface area contributed by atoms with Crippen LogP contribution in [-0.4, -0.2) is 39.1 Å². The van der Waals surface area contributed by atoms with Gasteiger partial charge < -0.3 is 9.64 Å². The quantitative estimate of drug-likeness (QED) is 0.118. The number of benzene rings is 1. The summed E-state index contributed by atoms with van der Waals surface area (Å²) in [5.74, 6) is -2.31. The van der Waals surface area contributed by atoms with Gasteiger partial charge in [-0.3, -0.25) is 9.59 Å². The van der Waals surface area contributed by atoms with E-state index < -0.39 is 34.8 Å². The zero-order chi connectivity index (χ0) is 30.5. The minimum absolute atomic E-state index is 0.163. The number of allylic oxidation sites excluding steroid dienone is 4. The van der Waals surface area contributed by atoms with E-state index in [2.05, 4.69) is 35.9 Å². The summed E-state index contributed by atoms with van der Waals surface area (Å²) in [7, 11) is 0. The number of carbonyl (C=O) groups excluding carboxylic acids is 2. The molecule has 14 nitrogen and oxygen atoms in total. The van der Waals surface area contributed by atoms with Gasteiger partial charge >= 0.3 is 5.91 Å². The Labute approximate surface area is 246 Å². The molecule has 1 heterocycles. The number of ether oxygens (including phenoxy) is 1. The number of rotatable bonds is 15. The summed E-state index contributed by atoms with van der Waals surface area (Å²) in [6.45, 7) is 1.80. The Balaban J connectivity index is 1.92. The predicted octanol–water partition coefficient (Wildman–Crippen LogP) is 5.51. The maximum absolute atomic E-state index is 14.9. The number of nitrogens with zero attached hydrogens (tertiary/aromatic N) is 8. The molecular weight excluding hydrogens is 589 g/mol. The molecule has 2 unspecified atom stereocenters. The Bertz CT molecular complexity index is 1470. The largest absolute Gasteiger partial charge is 0.494 e. The smallest absolute Gasteiger partial charge is 0.315 e. The highest BCUT2D eigenvalue weighted by atomic mass is 32.2. The molecule has 0 saturated heterocycles. The van der Waals surface area contributed by atoms with Crippen LogP contribution in [0.25, 0.3) is 10.4 Å². The number of azide groups is 1. The van der Waals surface area contributed by atoms with E-state index in [1.165, 1.54) is 22.6 Å². The van der Waals surface area contributed by atoms with Crippen LogP contribution in [0.15, 0.2) is 61.9 Å². The van der Waals surface area contributed by atoms with Gasteiger partial charge in [-0.25, -0.2) is 18.7 Å². The van der Waals surface area contributed by atoms with Gasteiger partial charge in [0.15, 0.2) is 6.04 Å². The maximum Gasteiger partial charge on any atom is 0.315 e. The van der Waals surface area contributed by atoms with Gasteiger partial charge in [-0.15, -0.1) is 16.2 Å². The van der Waals surface area contributed by atoms with E-state index in [0.717, 1.165) is 30.2 Å². The number of halogens is 1. The maximum atomic E-state index is 14.9. The highest BCUT2D eigenvalue weighted by Gasteiger charge is 2.31. The van der Waals surface area contributed by atoms with Crippen LogP contribution in [0.2, 0.25) is 0 Å². The Kier molecular flexibility index (Phi) is 12.6. The van der Waals surface area contributed by atoms with Crippen LogP contribution < -0.4 is 9.88 Å².